The molecule has 2 aromatic heterocycles. The number of carbonyl (C=O) groups is 1. The molecule has 1 unspecified atom stereocenters. The van der Waals surface area contributed by atoms with Crippen molar-refractivity contribution in [2.45, 2.75) is 37.0 Å². The Kier molecular flexibility index (Phi) is 6.13. The van der Waals surface area contributed by atoms with Gasteiger partial charge in [-0.1, -0.05) is 17.7 Å². The molecule has 1 aliphatic rings. The van der Waals surface area contributed by atoms with Crippen LogP contribution in [-0.4, -0.2) is 36.1 Å². The number of halogens is 6. The lowest BCUT2D eigenvalue weighted by Crippen LogP contribution is -2.43. The van der Waals surface area contributed by atoms with Gasteiger partial charge in [0, 0.05) is 18.4 Å². The third-order valence-corrected chi connectivity index (χ3v) is 6.43. The van der Waals surface area contributed by atoms with Crippen LogP contribution in [0.5, 0.6) is 0 Å². The van der Waals surface area contributed by atoms with E-state index in [-0.39, 0.29) is 23.6 Å². The highest BCUT2D eigenvalue weighted by molar-refractivity contribution is 7.89. The van der Waals surface area contributed by atoms with Crippen molar-refractivity contribution in [1.29, 1.82) is 0 Å². The van der Waals surface area contributed by atoms with Gasteiger partial charge in [0.05, 0.1) is 10.7 Å². The number of hydrogen-bond donors (Lipinski definition) is 2. The van der Waals surface area contributed by atoms with Crippen LogP contribution in [-0.2, 0) is 16.6 Å². The molecule has 0 bridgehead atoms. The molecule has 0 aromatic carbocycles. The second-order valence-electron chi connectivity index (χ2n) is 6.50. The quantitative estimate of drug-likeness (QED) is 0.606. The average Bonchev–Trinajstić information content (AvgIpc) is 3.19. The van der Waals surface area contributed by atoms with Gasteiger partial charge < -0.3 is 9.88 Å². The third-order valence-electron chi connectivity index (χ3n) is 4.33. The highest BCUT2D eigenvalue weighted by Gasteiger charge is 2.41. The first-order valence-electron chi connectivity index (χ1n) is 8.56. The number of nitrogens with one attached hydrogen (secondary N) is 2. The van der Waals surface area contributed by atoms with Gasteiger partial charge in [-0.15, -0.1) is 0 Å². The van der Waals surface area contributed by atoms with Gasteiger partial charge >= 0.3 is 6.18 Å². The minimum atomic E-state index is -4.84. The van der Waals surface area contributed by atoms with Gasteiger partial charge in [-0.05, 0) is 25.1 Å². The number of nitrogens with zero attached hydrogens (tertiary/aromatic N) is 2. The molecule has 1 amide bonds. The van der Waals surface area contributed by atoms with Crippen molar-refractivity contribution in [3.8, 4) is 0 Å². The Morgan fingerprint density at radius 2 is 2.00 bits per heavy atom. The van der Waals surface area contributed by atoms with Gasteiger partial charge in [-0.3, -0.25) is 9.78 Å². The SMILES string of the molecule is CC(NS(=O)(=O)c1c(Cl)c(C(=O)Nc2ccnc(C(F)F)c2)n2c1C=CC2)C(F)(F)F. The Balaban J connectivity index is 1.99. The number of pyridine rings is 1. The molecule has 7 nitrogen and oxygen atoms in total. The number of amides is 1. The lowest BCUT2D eigenvalue weighted by atomic mass is 10.3. The van der Waals surface area contributed by atoms with E-state index in [0.29, 0.717) is 6.92 Å². The first-order chi connectivity index (χ1) is 14.3. The number of allylic oxidation sites excluding steroid dienone is 1. The average molecular weight is 485 g/mol. The van der Waals surface area contributed by atoms with Crippen molar-refractivity contribution >= 4 is 39.3 Å². The van der Waals surface area contributed by atoms with E-state index in [4.69, 9.17) is 11.6 Å². The minimum Gasteiger partial charge on any atom is -0.331 e. The maximum absolute atomic E-state index is 12.8. The van der Waals surface area contributed by atoms with Crippen molar-refractivity contribution < 1.29 is 35.2 Å². The predicted molar refractivity (Wildman–Crippen MR) is 101 cm³/mol. The second-order valence-corrected chi connectivity index (χ2v) is 8.53. The summed E-state index contributed by atoms with van der Waals surface area (Å²) in [5.41, 5.74) is -1.09. The van der Waals surface area contributed by atoms with Gasteiger partial charge in [0.2, 0.25) is 10.0 Å². The molecule has 14 heteroatoms. The number of aromatic nitrogens is 2. The predicted octanol–water partition coefficient (Wildman–Crippen LogP) is 3.98. The molecule has 2 aromatic rings. The highest BCUT2D eigenvalue weighted by Crippen LogP contribution is 2.36. The number of anilines is 1. The monoisotopic (exact) mass is 484 g/mol. The molecule has 0 aliphatic carbocycles. The summed E-state index contributed by atoms with van der Waals surface area (Å²) in [4.78, 5) is 15.5. The molecule has 168 valence electrons. The molecule has 0 fully saturated rings. The molecule has 0 saturated carbocycles. The Bertz CT molecular complexity index is 1160. The number of rotatable bonds is 6. The molecular weight excluding hydrogens is 471 g/mol. The molecule has 2 N–H and O–H groups in total. The number of fused-ring (bicyclic) bond motifs is 1. The minimum absolute atomic E-state index is 0.0286. The summed E-state index contributed by atoms with van der Waals surface area (Å²) in [6.45, 7) is 0.649. The molecule has 0 spiro atoms. The van der Waals surface area contributed by atoms with E-state index >= 15 is 0 Å². The number of alkyl halides is 5. The van der Waals surface area contributed by atoms with E-state index in [1.165, 1.54) is 27.5 Å². The van der Waals surface area contributed by atoms with Crippen molar-refractivity contribution in [1.82, 2.24) is 14.3 Å². The highest BCUT2D eigenvalue weighted by atomic mass is 35.5. The van der Waals surface area contributed by atoms with E-state index in [2.05, 4.69) is 10.3 Å². The Morgan fingerprint density at radius 1 is 1.32 bits per heavy atom. The molecule has 0 saturated heterocycles. The van der Waals surface area contributed by atoms with Crippen LogP contribution in [0.1, 0.15) is 35.2 Å². The fraction of sp³-hybridized carbons (Fsp3) is 0.294. The molecule has 1 atom stereocenters. The molecule has 31 heavy (non-hydrogen) atoms. The maximum atomic E-state index is 12.8. The van der Waals surface area contributed by atoms with Crippen molar-refractivity contribution in [3.05, 3.63) is 46.5 Å². The van der Waals surface area contributed by atoms with E-state index < -0.39 is 50.2 Å². The van der Waals surface area contributed by atoms with Crippen molar-refractivity contribution in [2.24, 2.45) is 0 Å². The topological polar surface area (TPSA) is 93.1 Å². The first-order valence-corrected chi connectivity index (χ1v) is 10.4. The summed E-state index contributed by atoms with van der Waals surface area (Å²) in [6, 6.07) is -0.253. The van der Waals surface area contributed by atoms with Gasteiger partial charge in [0.1, 0.15) is 22.3 Å². The zero-order chi connectivity index (χ0) is 23.1. The van der Waals surface area contributed by atoms with Crippen molar-refractivity contribution in [3.63, 3.8) is 0 Å². The van der Waals surface area contributed by atoms with Gasteiger partial charge in [-0.2, -0.15) is 17.9 Å². The Morgan fingerprint density at radius 3 is 2.61 bits per heavy atom. The fourth-order valence-corrected chi connectivity index (χ4v) is 4.97. The standard InChI is InChI=1S/C17H14ClF5N4O3S/c1-8(17(21,22)23)26-31(29,30)14-11-3-2-6-27(11)13(12(14)18)16(28)25-9-4-5-24-10(7-9)15(19)20/h2-5,7-8,15,26H,6H2,1H3,(H,24,25,28). The number of sulfonamides is 1. The largest absolute Gasteiger partial charge is 0.404 e. The van der Waals surface area contributed by atoms with Crippen LogP contribution in [0.2, 0.25) is 5.02 Å². The van der Waals surface area contributed by atoms with E-state index in [1.807, 2.05) is 0 Å². The van der Waals surface area contributed by atoms with Crippen LogP contribution in [0, 0.1) is 0 Å². The maximum Gasteiger partial charge on any atom is 0.404 e. The van der Waals surface area contributed by atoms with E-state index in [9.17, 15) is 35.2 Å². The fourth-order valence-electron chi connectivity index (χ4n) is 2.88. The zero-order valence-electron chi connectivity index (χ0n) is 15.5. The van der Waals surface area contributed by atoms with Gasteiger partial charge in [-0.25, -0.2) is 17.2 Å². The third kappa shape index (κ3) is 4.57. The van der Waals surface area contributed by atoms with Crippen LogP contribution in [0.25, 0.3) is 6.08 Å². The molecule has 1 aliphatic heterocycles. The van der Waals surface area contributed by atoms with Crippen LogP contribution < -0.4 is 10.0 Å². The summed E-state index contributed by atoms with van der Waals surface area (Å²) < 4.78 is 92.0. The summed E-state index contributed by atoms with van der Waals surface area (Å²) in [6.07, 6.45) is -3.91. The lowest BCUT2D eigenvalue weighted by Gasteiger charge is -2.17. The lowest BCUT2D eigenvalue weighted by molar-refractivity contribution is -0.147. The molecule has 3 heterocycles. The number of hydrogen-bond acceptors (Lipinski definition) is 4. The van der Waals surface area contributed by atoms with E-state index in [0.717, 1.165) is 12.3 Å². The Labute approximate surface area is 178 Å². The molecule has 3 rings (SSSR count). The van der Waals surface area contributed by atoms with Gasteiger partial charge in [0.25, 0.3) is 12.3 Å². The zero-order valence-corrected chi connectivity index (χ0v) is 17.1. The molecule has 0 radical (unpaired) electrons. The summed E-state index contributed by atoms with van der Waals surface area (Å²) in [5, 5.41) is 1.72. The first kappa shape index (κ1) is 23.2. The van der Waals surface area contributed by atoms with Crippen LogP contribution in [0.15, 0.2) is 29.3 Å². The van der Waals surface area contributed by atoms with Crippen LogP contribution in [0.4, 0.5) is 27.6 Å². The molecular formula is C17H14ClF5N4O3S. The number of carbonyl (C=O) groups excluding carboxylic acids is 1. The summed E-state index contributed by atoms with van der Waals surface area (Å²) in [5.74, 6) is -0.938. The Hall–Kier alpha value is -2.51. The summed E-state index contributed by atoms with van der Waals surface area (Å²) in [7, 11) is -4.77. The summed E-state index contributed by atoms with van der Waals surface area (Å²) >= 11 is 6.12. The normalized spacial score (nSPS) is 14.7. The van der Waals surface area contributed by atoms with E-state index in [1.54, 1.807) is 0 Å². The second kappa shape index (κ2) is 8.20. The smallest absolute Gasteiger partial charge is 0.331 e. The van der Waals surface area contributed by atoms with Crippen LogP contribution in [0.3, 0.4) is 0 Å². The van der Waals surface area contributed by atoms with Gasteiger partial charge in [0.15, 0.2) is 0 Å². The van der Waals surface area contributed by atoms with Crippen molar-refractivity contribution in [2.75, 3.05) is 5.32 Å². The van der Waals surface area contributed by atoms with Crippen LogP contribution >= 0.6 is 11.6 Å².